The Kier molecular flexibility index (Phi) is 6.81. The second-order valence-electron chi connectivity index (χ2n) is 7.82. The molecule has 0 saturated heterocycles. The third-order valence-corrected chi connectivity index (χ3v) is 6.52. The average Bonchev–Trinajstić information content (AvgIpc) is 3.46. The number of benzene rings is 2. The molecule has 4 rings (SSSR count). The van der Waals surface area contributed by atoms with Crippen molar-refractivity contribution in [1.29, 1.82) is 0 Å². The van der Waals surface area contributed by atoms with Gasteiger partial charge in [-0.1, -0.05) is 24.3 Å². The highest BCUT2D eigenvalue weighted by atomic mass is 32.1. The fourth-order valence-corrected chi connectivity index (χ4v) is 4.89. The standard InChI is InChI=1S/C26H28N2O3S/c1-28-16-22(20-6-4-5-7-23(20)28)21(19-11-13-32-17-19)15-26(29)27-12-10-18-8-9-24(30-2)25(14-18)31-3/h4-9,11,13-14,16-17,21H,10,12,15H2,1-3H3,(H,27,29). The van der Waals surface area contributed by atoms with Crippen LogP contribution in [0.4, 0.5) is 0 Å². The third kappa shape index (κ3) is 4.65. The quantitative estimate of drug-likeness (QED) is 0.386. The van der Waals surface area contributed by atoms with Gasteiger partial charge in [-0.2, -0.15) is 11.3 Å². The molecular formula is C26H28N2O3S. The number of nitrogens with zero attached hydrogens (tertiary/aromatic N) is 1. The molecular weight excluding hydrogens is 420 g/mol. The largest absolute Gasteiger partial charge is 0.493 e. The Morgan fingerprint density at radius 2 is 1.91 bits per heavy atom. The second kappa shape index (κ2) is 9.92. The molecule has 2 aromatic heterocycles. The van der Waals surface area contributed by atoms with Crippen LogP contribution in [0.3, 0.4) is 0 Å². The van der Waals surface area contributed by atoms with E-state index in [1.807, 2.05) is 24.3 Å². The van der Waals surface area contributed by atoms with E-state index in [2.05, 4.69) is 58.2 Å². The second-order valence-corrected chi connectivity index (χ2v) is 8.60. The number of hydrogen-bond donors (Lipinski definition) is 1. The fourth-order valence-electron chi connectivity index (χ4n) is 4.17. The molecule has 0 saturated carbocycles. The van der Waals surface area contributed by atoms with Gasteiger partial charge < -0.3 is 19.4 Å². The number of methoxy groups -OCH3 is 2. The average molecular weight is 449 g/mol. The smallest absolute Gasteiger partial charge is 0.220 e. The van der Waals surface area contributed by atoms with Crippen molar-refractivity contribution in [3.8, 4) is 11.5 Å². The molecule has 0 aliphatic carbocycles. The van der Waals surface area contributed by atoms with E-state index in [4.69, 9.17) is 9.47 Å². The normalized spacial score (nSPS) is 12.0. The molecule has 1 unspecified atom stereocenters. The van der Waals surface area contributed by atoms with Gasteiger partial charge in [-0.15, -0.1) is 0 Å². The number of nitrogens with one attached hydrogen (secondary N) is 1. The Hall–Kier alpha value is -3.25. The van der Waals surface area contributed by atoms with Crippen LogP contribution in [0.1, 0.15) is 29.0 Å². The van der Waals surface area contributed by atoms with Gasteiger partial charge in [0.15, 0.2) is 11.5 Å². The predicted molar refractivity (Wildman–Crippen MR) is 130 cm³/mol. The molecule has 32 heavy (non-hydrogen) atoms. The van der Waals surface area contributed by atoms with E-state index in [1.54, 1.807) is 25.6 Å². The van der Waals surface area contributed by atoms with E-state index < -0.39 is 0 Å². The molecule has 2 heterocycles. The molecule has 5 nitrogen and oxygen atoms in total. The van der Waals surface area contributed by atoms with E-state index in [9.17, 15) is 4.79 Å². The monoisotopic (exact) mass is 448 g/mol. The van der Waals surface area contributed by atoms with Crippen molar-refractivity contribution >= 4 is 28.1 Å². The maximum atomic E-state index is 12.9. The topological polar surface area (TPSA) is 52.5 Å². The zero-order valence-electron chi connectivity index (χ0n) is 18.6. The van der Waals surface area contributed by atoms with Crippen LogP contribution in [0.5, 0.6) is 11.5 Å². The summed E-state index contributed by atoms with van der Waals surface area (Å²) in [7, 11) is 5.30. The lowest BCUT2D eigenvalue weighted by molar-refractivity contribution is -0.121. The van der Waals surface area contributed by atoms with Gasteiger partial charge in [-0.25, -0.2) is 0 Å². The molecule has 0 radical (unpaired) electrons. The van der Waals surface area contributed by atoms with Gasteiger partial charge in [-0.3, -0.25) is 4.79 Å². The molecule has 0 aliphatic heterocycles. The Morgan fingerprint density at radius 1 is 1.09 bits per heavy atom. The summed E-state index contributed by atoms with van der Waals surface area (Å²) in [6.45, 7) is 0.570. The molecule has 166 valence electrons. The number of ether oxygens (including phenoxy) is 2. The minimum absolute atomic E-state index is 0.0217. The lowest BCUT2D eigenvalue weighted by Gasteiger charge is -2.16. The third-order valence-electron chi connectivity index (χ3n) is 5.82. The van der Waals surface area contributed by atoms with Gasteiger partial charge >= 0.3 is 0 Å². The van der Waals surface area contributed by atoms with Crippen molar-refractivity contribution in [2.45, 2.75) is 18.8 Å². The number of aryl methyl sites for hydroxylation is 1. The minimum Gasteiger partial charge on any atom is -0.493 e. The summed E-state index contributed by atoms with van der Waals surface area (Å²) < 4.78 is 12.8. The van der Waals surface area contributed by atoms with Gasteiger partial charge in [0, 0.05) is 43.0 Å². The van der Waals surface area contributed by atoms with E-state index in [0.717, 1.165) is 12.0 Å². The van der Waals surface area contributed by atoms with Crippen molar-refractivity contribution in [2.75, 3.05) is 20.8 Å². The number of thiophene rings is 1. The summed E-state index contributed by atoms with van der Waals surface area (Å²) in [6, 6.07) is 16.3. The number of carbonyl (C=O) groups excluding carboxylic acids is 1. The Morgan fingerprint density at radius 3 is 2.66 bits per heavy atom. The molecule has 0 aliphatic rings. The predicted octanol–water partition coefficient (Wildman–Crippen LogP) is 5.14. The molecule has 1 amide bonds. The SMILES string of the molecule is COc1ccc(CCNC(=O)CC(c2ccsc2)c2cn(C)c3ccccc23)cc1OC. The van der Waals surface area contributed by atoms with E-state index in [-0.39, 0.29) is 11.8 Å². The van der Waals surface area contributed by atoms with Crippen molar-refractivity contribution in [3.63, 3.8) is 0 Å². The molecule has 1 atom stereocenters. The maximum Gasteiger partial charge on any atom is 0.220 e. The van der Waals surface area contributed by atoms with Crippen LogP contribution in [0.2, 0.25) is 0 Å². The molecule has 1 N–H and O–H groups in total. The van der Waals surface area contributed by atoms with Gasteiger partial charge in [0.05, 0.1) is 14.2 Å². The van der Waals surface area contributed by atoms with Crippen molar-refractivity contribution in [3.05, 3.63) is 82.2 Å². The molecule has 2 aromatic carbocycles. The van der Waals surface area contributed by atoms with Crippen LogP contribution in [-0.2, 0) is 18.3 Å². The summed E-state index contributed by atoms with van der Waals surface area (Å²) in [4.78, 5) is 12.9. The fraction of sp³-hybridized carbons (Fsp3) is 0.269. The summed E-state index contributed by atoms with van der Waals surface area (Å²) in [6.07, 6.45) is 3.30. The van der Waals surface area contributed by atoms with Gasteiger partial charge in [-0.05, 0) is 58.1 Å². The molecule has 0 bridgehead atoms. The van der Waals surface area contributed by atoms with Crippen molar-refractivity contribution in [2.24, 2.45) is 7.05 Å². The number of rotatable bonds is 9. The van der Waals surface area contributed by atoms with Crippen molar-refractivity contribution in [1.82, 2.24) is 9.88 Å². The lowest BCUT2D eigenvalue weighted by atomic mass is 9.89. The zero-order chi connectivity index (χ0) is 22.5. The Balaban J connectivity index is 1.46. The summed E-state index contributed by atoms with van der Waals surface area (Å²) in [5.41, 5.74) is 4.64. The van der Waals surface area contributed by atoms with Gasteiger partial charge in [0.25, 0.3) is 0 Å². The number of fused-ring (bicyclic) bond motifs is 1. The Bertz CT molecular complexity index is 1200. The number of para-hydroxylation sites is 1. The highest BCUT2D eigenvalue weighted by Gasteiger charge is 2.22. The lowest BCUT2D eigenvalue weighted by Crippen LogP contribution is -2.27. The molecule has 4 aromatic rings. The highest BCUT2D eigenvalue weighted by molar-refractivity contribution is 7.08. The number of amides is 1. The first kappa shape index (κ1) is 22.0. The Labute approximate surface area is 192 Å². The number of aromatic nitrogens is 1. The van der Waals surface area contributed by atoms with E-state index in [0.29, 0.717) is 24.5 Å². The first-order valence-corrected chi connectivity index (χ1v) is 11.6. The number of hydrogen-bond acceptors (Lipinski definition) is 4. The summed E-state index contributed by atoms with van der Waals surface area (Å²) in [5.74, 6) is 1.47. The summed E-state index contributed by atoms with van der Waals surface area (Å²) in [5, 5.41) is 8.51. The first-order valence-electron chi connectivity index (χ1n) is 10.6. The van der Waals surface area contributed by atoms with Crippen LogP contribution < -0.4 is 14.8 Å². The van der Waals surface area contributed by atoms with Crippen LogP contribution in [0.15, 0.2) is 65.5 Å². The van der Waals surface area contributed by atoms with Gasteiger partial charge in [0.2, 0.25) is 5.91 Å². The van der Waals surface area contributed by atoms with Crippen LogP contribution in [0.25, 0.3) is 10.9 Å². The first-order chi connectivity index (χ1) is 15.6. The maximum absolute atomic E-state index is 12.9. The number of carbonyl (C=O) groups is 1. The molecule has 0 spiro atoms. The van der Waals surface area contributed by atoms with Crippen molar-refractivity contribution < 1.29 is 14.3 Å². The molecule has 6 heteroatoms. The van der Waals surface area contributed by atoms with E-state index >= 15 is 0 Å². The minimum atomic E-state index is 0.0217. The molecule has 0 fully saturated rings. The summed E-state index contributed by atoms with van der Waals surface area (Å²) >= 11 is 1.66. The zero-order valence-corrected chi connectivity index (χ0v) is 19.4. The van der Waals surface area contributed by atoms with E-state index in [1.165, 1.54) is 22.0 Å². The van der Waals surface area contributed by atoms with Gasteiger partial charge in [0.1, 0.15) is 0 Å². The van der Waals surface area contributed by atoms with Crippen LogP contribution >= 0.6 is 11.3 Å². The van der Waals surface area contributed by atoms with Crippen LogP contribution in [-0.4, -0.2) is 31.2 Å². The van der Waals surface area contributed by atoms with Crippen LogP contribution in [0, 0.1) is 0 Å². The highest BCUT2D eigenvalue weighted by Crippen LogP contribution is 2.35.